The van der Waals surface area contributed by atoms with Gasteiger partial charge < -0.3 is 5.73 Å². The molecule has 1 aliphatic carbocycles. The smallest absolute Gasteiger partial charge is 0.318 e. The monoisotopic (exact) mass is 373 g/mol. The number of nitrogens with two attached hydrogens (primary N) is 1. The zero-order chi connectivity index (χ0) is 18.5. The Morgan fingerprint density at radius 2 is 1.92 bits per heavy atom. The number of rotatable bonds is 5. The van der Waals surface area contributed by atoms with E-state index < -0.39 is 17.2 Å². The number of thioether (sulfide) groups is 1. The number of aromatic nitrogens is 3. The lowest BCUT2D eigenvalue weighted by Gasteiger charge is -2.21. The molecule has 7 nitrogen and oxygen atoms in total. The van der Waals surface area contributed by atoms with Crippen molar-refractivity contribution in [3.63, 3.8) is 0 Å². The van der Waals surface area contributed by atoms with Crippen LogP contribution in [0.1, 0.15) is 50.8 Å². The molecule has 3 amide bonds. The second kappa shape index (κ2) is 8.35. The Morgan fingerprint density at radius 3 is 2.58 bits per heavy atom. The van der Waals surface area contributed by atoms with E-state index >= 15 is 0 Å². The number of imide groups is 1. The van der Waals surface area contributed by atoms with Gasteiger partial charge in [0.2, 0.25) is 11.1 Å². The molecule has 0 spiro atoms. The van der Waals surface area contributed by atoms with Gasteiger partial charge in [0.25, 0.3) is 0 Å². The van der Waals surface area contributed by atoms with Crippen molar-refractivity contribution in [2.45, 2.75) is 55.4 Å². The van der Waals surface area contributed by atoms with Gasteiger partial charge in [0.15, 0.2) is 0 Å². The Bertz CT molecular complexity index is 771. The van der Waals surface area contributed by atoms with E-state index in [1.165, 1.54) is 31.0 Å². The molecule has 1 aromatic carbocycles. The Kier molecular flexibility index (Phi) is 5.92. The number of benzene rings is 1. The largest absolute Gasteiger partial charge is 0.351 e. The number of primary amides is 1. The zero-order valence-electron chi connectivity index (χ0n) is 14.7. The van der Waals surface area contributed by atoms with Crippen molar-refractivity contribution in [3.8, 4) is 5.69 Å². The third kappa shape index (κ3) is 4.43. The molecule has 1 atom stereocenters. The van der Waals surface area contributed by atoms with E-state index in [2.05, 4.69) is 10.4 Å². The number of nitrogens with zero attached hydrogens (tertiary/aromatic N) is 3. The number of amides is 3. The molecule has 1 unspecified atom stereocenters. The SMILES string of the molecule is CC(Sc1nc(C2CCCCC2)n(-c2ccccc2)n1)C(=O)NC(N)=O. The van der Waals surface area contributed by atoms with E-state index in [1.54, 1.807) is 6.92 Å². The van der Waals surface area contributed by atoms with Crippen molar-refractivity contribution in [2.75, 3.05) is 0 Å². The lowest BCUT2D eigenvalue weighted by Crippen LogP contribution is -2.39. The minimum atomic E-state index is -0.854. The highest BCUT2D eigenvalue weighted by molar-refractivity contribution is 8.00. The molecule has 138 valence electrons. The number of carbonyl (C=O) groups is 2. The Morgan fingerprint density at radius 1 is 1.23 bits per heavy atom. The molecule has 0 bridgehead atoms. The standard InChI is InChI=1S/C18H23N5O2S/c1-12(16(24)21-17(19)25)26-18-20-15(13-8-4-2-5-9-13)23(22-18)14-10-6-3-7-11-14/h3,6-7,10-13H,2,4-5,8-9H2,1H3,(H3,19,21,24,25). The average molecular weight is 373 g/mol. The number of para-hydroxylation sites is 1. The summed E-state index contributed by atoms with van der Waals surface area (Å²) in [5.41, 5.74) is 5.97. The lowest BCUT2D eigenvalue weighted by molar-refractivity contribution is -0.119. The summed E-state index contributed by atoms with van der Waals surface area (Å²) in [6.45, 7) is 1.70. The molecule has 2 aromatic rings. The van der Waals surface area contributed by atoms with Crippen molar-refractivity contribution >= 4 is 23.7 Å². The van der Waals surface area contributed by atoms with Crippen LogP contribution in [0, 0.1) is 0 Å². The summed E-state index contributed by atoms with van der Waals surface area (Å²) in [5, 5.41) is 6.73. The number of hydrogen-bond acceptors (Lipinski definition) is 5. The van der Waals surface area contributed by atoms with Gasteiger partial charge in [-0.15, -0.1) is 5.10 Å². The van der Waals surface area contributed by atoms with E-state index in [0.717, 1.165) is 24.4 Å². The highest BCUT2D eigenvalue weighted by Gasteiger charge is 2.25. The predicted octanol–water partition coefficient (Wildman–Crippen LogP) is 2.99. The second-order valence-electron chi connectivity index (χ2n) is 6.45. The van der Waals surface area contributed by atoms with Gasteiger partial charge in [-0.05, 0) is 31.9 Å². The molecule has 0 radical (unpaired) electrons. The minimum Gasteiger partial charge on any atom is -0.351 e. The summed E-state index contributed by atoms with van der Waals surface area (Å²) in [6.07, 6.45) is 5.88. The van der Waals surface area contributed by atoms with Gasteiger partial charge in [-0.25, -0.2) is 14.5 Å². The molecule has 1 aromatic heterocycles. The Hall–Kier alpha value is -2.35. The van der Waals surface area contributed by atoms with Crippen molar-refractivity contribution in [1.29, 1.82) is 0 Å². The molecule has 1 saturated carbocycles. The fourth-order valence-corrected chi connectivity index (χ4v) is 3.93. The van der Waals surface area contributed by atoms with E-state index in [-0.39, 0.29) is 0 Å². The van der Waals surface area contributed by atoms with Gasteiger partial charge in [-0.3, -0.25) is 10.1 Å². The maximum absolute atomic E-state index is 11.9. The van der Waals surface area contributed by atoms with E-state index in [1.807, 2.05) is 35.0 Å². The molecule has 8 heteroatoms. The van der Waals surface area contributed by atoms with Gasteiger partial charge in [0.1, 0.15) is 5.82 Å². The summed E-state index contributed by atoms with van der Waals surface area (Å²) < 4.78 is 1.89. The molecule has 26 heavy (non-hydrogen) atoms. The molecule has 0 saturated heterocycles. The average Bonchev–Trinajstić information content (AvgIpc) is 3.06. The van der Waals surface area contributed by atoms with E-state index in [9.17, 15) is 9.59 Å². The van der Waals surface area contributed by atoms with Crippen LogP contribution in [0.3, 0.4) is 0 Å². The van der Waals surface area contributed by atoms with Crippen LogP contribution >= 0.6 is 11.8 Å². The quantitative estimate of drug-likeness (QED) is 0.784. The highest BCUT2D eigenvalue weighted by atomic mass is 32.2. The van der Waals surface area contributed by atoms with Crippen molar-refractivity contribution < 1.29 is 9.59 Å². The fraction of sp³-hybridized carbons (Fsp3) is 0.444. The lowest BCUT2D eigenvalue weighted by atomic mass is 9.88. The van der Waals surface area contributed by atoms with Crippen LogP contribution in [0.15, 0.2) is 35.5 Å². The van der Waals surface area contributed by atoms with Gasteiger partial charge in [-0.1, -0.05) is 49.2 Å². The molecule has 0 aliphatic heterocycles. The number of carbonyl (C=O) groups excluding carboxylic acids is 2. The first kappa shape index (κ1) is 18.4. The normalized spacial score (nSPS) is 16.2. The van der Waals surface area contributed by atoms with Crippen LogP contribution in [-0.2, 0) is 4.79 Å². The number of nitrogens with one attached hydrogen (secondary N) is 1. The second-order valence-corrected chi connectivity index (χ2v) is 7.76. The Balaban J connectivity index is 1.86. The molecular weight excluding hydrogens is 350 g/mol. The number of hydrogen-bond donors (Lipinski definition) is 2. The molecule has 1 heterocycles. The van der Waals surface area contributed by atoms with Crippen LogP contribution in [0.5, 0.6) is 0 Å². The van der Waals surface area contributed by atoms with Crippen LogP contribution in [-0.4, -0.2) is 32.0 Å². The van der Waals surface area contributed by atoms with E-state index in [4.69, 9.17) is 10.7 Å². The van der Waals surface area contributed by atoms with Gasteiger partial charge in [0, 0.05) is 5.92 Å². The minimum absolute atomic E-state index is 0.376. The maximum Gasteiger partial charge on any atom is 0.318 e. The summed E-state index contributed by atoms with van der Waals surface area (Å²) >= 11 is 1.22. The summed E-state index contributed by atoms with van der Waals surface area (Å²) in [6, 6.07) is 9.05. The fourth-order valence-electron chi connectivity index (χ4n) is 3.17. The Labute approximate surface area is 156 Å². The van der Waals surface area contributed by atoms with Crippen LogP contribution in [0.4, 0.5) is 4.79 Å². The van der Waals surface area contributed by atoms with Crippen LogP contribution < -0.4 is 11.1 Å². The molecule has 3 rings (SSSR count). The maximum atomic E-state index is 11.9. The van der Waals surface area contributed by atoms with Crippen molar-refractivity contribution in [2.24, 2.45) is 5.73 Å². The third-order valence-electron chi connectivity index (χ3n) is 4.48. The zero-order valence-corrected chi connectivity index (χ0v) is 15.5. The first-order chi connectivity index (χ1) is 12.5. The summed E-state index contributed by atoms with van der Waals surface area (Å²) in [7, 11) is 0. The highest BCUT2D eigenvalue weighted by Crippen LogP contribution is 2.34. The van der Waals surface area contributed by atoms with Gasteiger partial charge in [-0.2, -0.15) is 0 Å². The molecule has 1 aliphatic rings. The summed E-state index contributed by atoms with van der Waals surface area (Å²) in [4.78, 5) is 27.5. The third-order valence-corrected chi connectivity index (χ3v) is 5.43. The van der Waals surface area contributed by atoms with E-state index in [0.29, 0.717) is 11.1 Å². The predicted molar refractivity (Wildman–Crippen MR) is 100 cm³/mol. The van der Waals surface area contributed by atoms with Crippen molar-refractivity contribution in [1.82, 2.24) is 20.1 Å². The first-order valence-electron chi connectivity index (χ1n) is 8.84. The topological polar surface area (TPSA) is 103 Å². The van der Waals surface area contributed by atoms with Gasteiger partial charge in [0.05, 0.1) is 10.9 Å². The van der Waals surface area contributed by atoms with Gasteiger partial charge >= 0.3 is 6.03 Å². The first-order valence-corrected chi connectivity index (χ1v) is 9.72. The summed E-state index contributed by atoms with van der Waals surface area (Å²) in [5.74, 6) is 0.874. The van der Waals surface area contributed by atoms with Crippen LogP contribution in [0.2, 0.25) is 0 Å². The molecular formula is C18H23N5O2S. The molecule has 1 fully saturated rings. The number of urea groups is 1. The van der Waals surface area contributed by atoms with Crippen molar-refractivity contribution in [3.05, 3.63) is 36.2 Å². The van der Waals surface area contributed by atoms with Crippen LogP contribution in [0.25, 0.3) is 5.69 Å². The molecule has 3 N–H and O–H groups in total.